The van der Waals surface area contributed by atoms with Gasteiger partial charge in [-0.05, 0) is 108 Å². The lowest BCUT2D eigenvalue weighted by Gasteiger charge is -2.29. The normalized spacial score (nSPS) is 15.8. The number of H-pyrrole nitrogens is 1. The van der Waals surface area contributed by atoms with Crippen LogP contribution in [0.4, 0.5) is 10.5 Å². The van der Waals surface area contributed by atoms with E-state index in [1.807, 2.05) is 43.3 Å². The van der Waals surface area contributed by atoms with Crippen molar-refractivity contribution in [3.8, 4) is 22.5 Å². The highest BCUT2D eigenvalue weighted by atomic mass is 16.5. The van der Waals surface area contributed by atoms with Crippen molar-refractivity contribution in [1.29, 1.82) is 0 Å². The van der Waals surface area contributed by atoms with Gasteiger partial charge in [0.05, 0.1) is 33.0 Å². The minimum atomic E-state index is -1.06. The number of carboxylic acid groups (broad SMARTS) is 1. The van der Waals surface area contributed by atoms with Crippen molar-refractivity contribution in [3.63, 3.8) is 0 Å². The van der Waals surface area contributed by atoms with Crippen LogP contribution >= 0.6 is 0 Å². The molecule has 4 amide bonds. The van der Waals surface area contributed by atoms with Gasteiger partial charge in [-0.2, -0.15) is 0 Å². The van der Waals surface area contributed by atoms with Crippen LogP contribution in [0.2, 0.25) is 0 Å². The number of amides is 4. The molecule has 1 saturated carbocycles. The summed E-state index contributed by atoms with van der Waals surface area (Å²) in [6, 6.07) is 19.3. The van der Waals surface area contributed by atoms with Crippen LogP contribution < -0.4 is 21.3 Å². The smallest absolute Gasteiger partial charge is 0.404 e. The number of hydrogen-bond acceptors (Lipinski definition) is 10. The molecule has 0 radical (unpaired) electrons. The molecule has 1 atom stereocenters. The third-order valence-corrected chi connectivity index (χ3v) is 9.48. The van der Waals surface area contributed by atoms with Crippen molar-refractivity contribution >= 4 is 29.5 Å². The van der Waals surface area contributed by atoms with Gasteiger partial charge in [-0.1, -0.05) is 30.3 Å². The molecule has 16 heteroatoms. The van der Waals surface area contributed by atoms with E-state index in [0.29, 0.717) is 75.7 Å². The first-order valence-corrected chi connectivity index (χ1v) is 18.4. The Labute approximate surface area is 318 Å². The topological polar surface area (TPSA) is 230 Å². The van der Waals surface area contributed by atoms with Crippen molar-refractivity contribution in [2.24, 2.45) is 11.8 Å². The standard InChI is InChI=1S/C39H48N8O8/c1-25-5-8-31(36(49)40-15-17-54-19-20-55-18-16-48)23-33(25)30-4-2-3-27(21-30)22-34(43-37(50)29-9-6-26(7-10-29)24-41-39(52)53)38(51)42-32-13-11-28(12-14-32)35-44-46-47-45-35/h2-5,8,11-14,21,23,26,29,34,41,48H,6-7,9-10,15-20,22,24H2,1H3,(H,40,49)(H,42,51)(H,43,50)(H,52,53)(H,44,45,46,47)/t26-,29-,34-/m0/s1. The molecule has 4 aromatic rings. The molecule has 1 aromatic heterocycles. The minimum absolute atomic E-state index is 0.0456. The zero-order valence-corrected chi connectivity index (χ0v) is 30.8. The second-order valence-corrected chi connectivity index (χ2v) is 13.4. The van der Waals surface area contributed by atoms with Gasteiger partial charge in [0, 0.05) is 42.2 Å². The predicted molar refractivity (Wildman–Crippen MR) is 203 cm³/mol. The first-order valence-electron chi connectivity index (χ1n) is 18.4. The Morgan fingerprint density at radius 2 is 1.65 bits per heavy atom. The molecule has 55 heavy (non-hydrogen) atoms. The zero-order chi connectivity index (χ0) is 39.0. The van der Waals surface area contributed by atoms with Crippen molar-refractivity contribution in [3.05, 3.63) is 83.4 Å². The SMILES string of the molecule is Cc1ccc(C(=O)NCCOCCOCCO)cc1-c1cccc(C[C@H](NC(=O)[C@H]2CC[C@H](CNC(=O)O)CC2)C(=O)Nc2ccc(-c3nnn[nH]3)cc2)c1. The summed E-state index contributed by atoms with van der Waals surface area (Å²) >= 11 is 0. The van der Waals surface area contributed by atoms with Crippen molar-refractivity contribution < 1.29 is 38.9 Å². The number of benzene rings is 3. The lowest BCUT2D eigenvalue weighted by atomic mass is 9.81. The first kappa shape index (κ1) is 40.5. The average molecular weight is 757 g/mol. The van der Waals surface area contributed by atoms with Gasteiger partial charge < -0.3 is 41.0 Å². The number of aromatic nitrogens is 4. The molecule has 16 nitrogen and oxygen atoms in total. The molecule has 1 heterocycles. The number of hydrogen-bond donors (Lipinski definition) is 7. The van der Waals surface area contributed by atoms with E-state index < -0.39 is 12.1 Å². The molecule has 0 saturated heterocycles. The van der Waals surface area contributed by atoms with E-state index in [1.54, 1.807) is 30.3 Å². The van der Waals surface area contributed by atoms with Crippen LogP contribution in [-0.2, 0) is 25.5 Å². The van der Waals surface area contributed by atoms with Gasteiger partial charge >= 0.3 is 6.09 Å². The molecular weight excluding hydrogens is 708 g/mol. The number of nitrogens with zero attached hydrogens (tertiary/aromatic N) is 3. The summed E-state index contributed by atoms with van der Waals surface area (Å²) in [6.45, 7) is 3.88. The summed E-state index contributed by atoms with van der Waals surface area (Å²) < 4.78 is 10.6. The van der Waals surface area contributed by atoms with Gasteiger partial charge in [-0.3, -0.25) is 14.4 Å². The van der Waals surface area contributed by atoms with Gasteiger partial charge in [0.25, 0.3) is 5.91 Å². The molecule has 0 aliphatic heterocycles. The molecular formula is C39H48N8O8. The predicted octanol–water partition coefficient (Wildman–Crippen LogP) is 3.34. The molecule has 1 aliphatic rings. The molecule has 3 aromatic carbocycles. The van der Waals surface area contributed by atoms with Gasteiger partial charge in [-0.25, -0.2) is 9.89 Å². The van der Waals surface area contributed by atoms with Crippen LogP contribution in [0, 0.1) is 18.8 Å². The summed E-state index contributed by atoms with van der Waals surface area (Å²) in [6.07, 6.45) is 1.74. The fourth-order valence-corrected chi connectivity index (χ4v) is 6.48. The number of aliphatic hydroxyl groups excluding tert-OH is 1. The molecule has 0 unspecified atom stereocenters. The maximum Gasteiger partial charge on any atom is 0.404 e. The summed E-state index contributed by atoms with van der Waals surface area (Å²) in [4.78, 5) is 51.4. The first-order chi connectivity index (χ1) is 26.7. The van der Waals surface area contributed by atoms with E-state index in [2.05, 4.69) is 41.9 Å². The highest BCUT2D eigenvalue weighted by Crippen LogP contribution is 2.30. The maximum atomic E-state index is 13.9. The maximum absolute atomic E-state index is 13.9. The third-order valence-electron chi connectivity index (χ3n) is 9.48. The highest BCUT2D eigenvalue weighted by Gasteiger charge is 2.30. The Balaban J connectivity index is 1.27. The Morgan fingerprint density at radius 1 is 0.891 bits per heavy atom. The molecule has 1 aliphatic carbocycles. The van der Waals surface area contributed by atoms with Crippen LogP contribution in [0.25, 0.3) is 22.5 Å². The van der Waals surface area contributed by atoms with Crippen molar-refractivity contribution in [2.75, 3.05) is 51.4 Å². The quantitative estimate of drug-likeness (QED) is 0.0687. The summed E-state index contributed by atoms with van der Waals surface area (Å²) in [5.74, 6) is -0.497. The number of carbonyl (C=O) groups excluding carboxylic acids is 3. The summed E-state index contributed by atoms with van der Waals surface area (Å²) in [5, 5.41) is 42.8. The molecule has 7 N–H and O–H groups in total. The Bertz CT molecular complexity index is 1860. The number of anilines is 1. The lowest BCUT2D eigenvalue weighted by Crippen LogP contribution is -2.48. The Kier molecular flexibility index (Phi) is 15.2. The van der Waals surface area contributed by atoms with Crippen molar-refractivity contribution in [2.45, 2.75) is 45.1 Å². The number of tetrazole rings is 1. The molecule has 1 fully saturated rings. The summed E-state index contributed by atoms with van der Waals surface area (Å²) in [5.41, 5.74) is 5.23. The van der Waals surface area contributed by atoms with Crippen LogP contribution in [0.1, 0.15) is 47.2 Å². The van der Waals surface area contributed by atoms with Gasteiger partial charge in [0.1, 0.15) is 6.04 Å². The average Bonchev–Trinajstić information content (AvgIpc) is 3.74. The third kappa shape index (κ3) is 12.4. The number of aryl methyl sites for hydroxylation is 1. The monoisotopic (exact) mass is 756 g/mol. The number of carbonyl (C=O) groups is 4. The van der Waals surface area contributed by atoms with Crippen molar-refractivity contribution in [1.82, 2.24) is 36.6 Å². The van der Waals surface area contributed by atoms with Gasteiger partial charge in [0.15, 0.2) is 5.82 Å². The van der Waals surface area contributed by atoms with Gasteiger partial charge in [-0.15, -0.1) is 5.10 Å². The number of nitrogens with one attached hydrogen (secondary N) is 5. The van der Waals surface area contributed by atoms with E-state index in [0.717, 1.165) is 27.8 Å². The Hall–Kier alpha value is -5.71. The highest BCUT2D eigenvalue weighted by molar-refractivity contribution is 5.98. The fourth-order valence-electron chi connectivity index (χ4n) is 6.48. The van der Waals surface area contributed by atoms with E-state index in [9.17, 15) is 19.2 Å². The van der Waals surface area contributed by atoms with E-state index >= 15 is 0 Å². The zero-order valence-electron chi connectivity index (χ0n) is 30.8. The second-order valence-electron chi connectivity index (χ2n) is 13.4. The van der Waals surface area contributed by atoms with E-state index in [4.69, 9.17) is 19.7 Å². The van der Waals surface area contributed by atoms with E-state index in [-0.39, 0.29) is 49.2 Å². The van der Waals surface area contributed by atoms with Crippen LogP contribution in [0.5, 0.6) is 0 Å². The molecule has 0 spiro atoms. The Morgan fingerprint density at radius 3 is 2.36 bits per heavy atom. The number of ether oxygens (including phenoxy) is 2. The minimum Gasteiger partial charge on any atom is -0.465 e. The summed E-state index contributed by atoms with van der Waals surface area (Å²) in [7, 11) is 0. The van der Waals surface area contributed by atoms with Crippen LogP contribution in [-0.4, -0.2) is 107 Å². The molecule has 5 rings (SSSR count). The number of rotatable bonds is 19. The van der Waals surface area contributed by atoms with Gasteiger partial charge in [0.2, 0.25) is 11.8 Å². The van der Waals surface area contributed by atoms with Crippen LogP contribution in [0.3, 0.4) is 0 Å². The second kappa shape index (κ2) is 20.7. The van der Waals surface area contributed by atoms with Crippen LogP contribution in [0.15, 0.2) is 66.7 Å². The molecule has 0 bridgehead atoms. The molecule has 292 valence electrons. The lowest BCUT2D eigenvalue weighted by molar-refractivity contribution is -0.130. The number of aliphatic hydroxyl groups is 1. The van der Waals surface area contributed by atoms with E-state index in [1.165, 1.54) is 0 Å². The largest absolute Gasteiger partial charge is 0.465 e. The number of aromatic amines is 1. The fraction of sp³-hybridized carbons (Fsp3) is 0.410.